The van der Waals surface area contributed by atoms with Gasteiger partial charge in [-0.25, -0.2) is 8.78 Å². The molecule has 1 heterocycles. The lowest BCUT2D eigenvalue weighted by atomic mass is 9.89. The summed E-state index contributed by atoms with van der Waals surface area (Å²) in [5, 5.41) is 0. The predicted molar refractivity (Wildman–Crippen MR) is 40.8 cm³/mol. The lowest BCUT2D eigenvalue weighted by molar-refractivity contribution is -0.0667. The first-order valence-corrected chi connectivity index (χ1v) is 3.99. The average Bonchev–Trinajstić information content (AvgIpc) is 2.03. The molecule has 0 aromatic rings. The zero-order valence-electron chi connectivity index (χ0n) is 7.32. The summed E-state index contributed by atoms with van der Waals surface area (Å²) < 4.78 is 26.2. The van der Waals surface area contributed by atoms with Crippen molar-refractivity contribution in [2.75, 3.05) is 19.6 Å². The van der Waals surface area contributed by atoms with Gasteiger partial charge in [-0.2, -0.15) is 0 Å². The molecule has 1 fully saturated rings. The van der Waals surface area contributed by atoms with Gasteiger partial charge in [0.05, 0.1) is 6.54 Å². The molecule has 66 valence electrons. The Bertz CT molecular complexity index is 138. The molecule has 0 unspecified atom stereocenters. The Morgan fingerprint density at radius 3 is 2.00 bits per heavy atom. The van der Waals surface area contributed by atoms with Gasteiger partial charge in [-0.1, -0.05) is 20.8 Å². The fourth-order valence-electron chi connectivity index (χ4n) is 1.45. The molecule has 1 aliphatic rings. The number of rotatable bonds is 1. The molecule has 0 radical (unpaired) electrons. The lowest BCUT2D eigenvalue weighted by Gasteiger charge is -2.24. The van der Waals surface area contributed by atoms with Crippen LogP contribution in [0.3, 0.4) is 0 Å². The Morgan fingerprint density at radius 1 is 1.27 bits per heavy atom. The van der Waals surface area contributed by atoms with Crippen LogP contribution in [0, 0.1) is 5.41 Å². The van der Waals surface area contributed by atoms with E-state index in [0.29, 0.717) is 6.54 Å². The van der Waals surface area contributed by atoms with Crippen LogP contribution in [-0.2, 0) is 0 Å². The third-order valence-corrected chi connectivity index (χ3v) is 2.48. The molecule has 0 spiro atoms. The van der Waals surface area contributed by atoms with Crippen LogP contribution >= 0.6 is 0 Å². The van der Waals surface area contributed by atoms with Gasteiger partial charge in [0.1, 0.15) is 0 Å². The zero-order valence-corrected chi connectivity index (χ0v) is 7.32. The number of halogens is 2. The summed E-state index contributed by atoms with van der Waals surface area (Å²) >= 11 is 0. The molecule has 0 atom stereocenters. The van der Waals surface area contributed by atoms with Gasteiger partial charge in [-0.05, 0) is 6.54 Å². The van der Waals surface area contributed by atoms with Gasteiger partial charge >= 0.3 is 0 Å². The van der Waals surface area contributed by atoms with E-state index in [1.54, 1.807) is 18.7 Å². The fourth-order valence-corrected chi connectivity index (χ4v) is 1.45. The maximum atomic E-state index is 13.1. The van der Waals surface area contributed by atoms with Gasteiger partial charge in [0.2, 0.25) is 0 Å². The smallest absolute Gasteiger partial charge is 0.266 e. The highest BCUT2D eigenvalue weighted by Crippen LogP contribution is 2.42. The van der Waals surface area contributed by atoms with Gasteiger partial charge < -0.3 is 0 Å². The summed E-state index contributed by atoms with van der Waals surface area (Å²) in [4.78, 5) is 1.79. The Morgan fingerprint density at radius 2 is 1.82 bits per heavy atom. The average molecular weight is 163 g/mol. The van der Waals surface area contributed by atoms with Crippen LogP contribution in [0.5, 0.6) is 0 Å². The Kier molecular flexibility index (Phi) is 1.95. The molecule has 3 heteroatoms. The maximum absolute atomic E-state index is 13.1. The van der Waals surface area contributed by atoms with E-state index in [0.717, 1.165) is 6.54 Å². The monoisotopic (exact) mass is 163 g/mol. The third kappa shape index (κ3) is 1.39. The molecule has 0 aliphatic carbocycles. The summed E-state index contributed by atoms with van der Waals surface area (Å²) in [6, 6.07) is 0. The van der Waals surface area contributed by atoms with Crippen LogP contribution in [0.2, 0.25) is 0 Å². The van der Waals surface area contributed by atoms with Crippen molar-refractivity contribution in [3.63, 3.8) is 0 Å². The van der Waals surface area contributed by atoms with Crippen LogP contribution in [0.15, 0.2) is 0 Å². The van der Waals surface area contributed by atoms with Crippen molar-refractivity contribution in [2.24, 2.45) is 5.41 Å². The van der Waals surface area contributed by atoms with E-state index in [-0.39, 0.29) is 6.54 Å². The van der Waals surface area contributed by atoms with Crippen molar-refractivity contribution < 1.29 is 8.78 Å². The molecule has 0 bridgehead atoms. The number of nitrogens with zero attached hydrogens (tertiary/aromatic N) is 1. The second-order valence-corrected chi connectivity index (χ2v) is 3.89. The molecule has 0 aromatic carbocycles. The predicted octanol–water partition coefficient (Wildman–Crippen LogP) is 1.98. The molecule has 0 amide bonds. The lowest BCUT2D eigenvalue weighted by Crippen LogP contribution is -2.34. The Labute approximate surface area is 66.4 Å². The van der Waals surface area contributed by atoms with E-state index in [9.17, 15) is 8.78 Å². The number of alkyl halides is 2. The first kappa shape index (κ1) is 8.91. The highest BCUT2D eigenvalue weighted by molar-refractivity contribution is 4.96. The van der Waals surface area contributed by atoms with Crippen molar-refractivity contribution in [2.45, 2.75) is 26.7 Å². The minimum Gasteiger partial charge on any atom is -0.297 e. The van der Waals surface area contributed by atoms with E-state index < -0.39 is 11.3 Å². The minimum atomic E-state index is -2.51. The van der Waals surface area contributed by atoms with Gasteiger partial charge in [-0.3, -0.25) is 4.90 Å². The van der Waals surface area contributed by atoms with Crippen LogP contribution in [-0.4, -0.2) is 30.5 Å². The highest BCUT2D eigenvalue weighted by atomic mass is 19.3. The maximum Gasteiger partial charge on any atom is 0.266 e. The highest BCUT2D eigenvalue weighted by Gasteiger charge is 2.53. The largest absolute Gasteiger partial charge is 0.297 e. The minimum absolute atomic E-state index is 0.0729. The van der Waals surface area contributed by atoms with Crippen molar-refractivity contribution in [3.05, 3.63) is 0 Å². The van der Waals surface area contributed by atoms with Gasteiger partial charge in [-0.15, -0.1) is 0 Å². The Balaban J connectivity index is 2.72. The first-order chi connectivity index (χ1) is 4.89. The molecule has 1 saturated heterocycles. The fraction of sp³-hybridized carbons (Fsp3) is 1.00. The molecule has 1 aliphatic heterocycles. The SMILES string of the molecule is CCN1CC(C)(C)C(F)(F)C1. The van der Waals surface area contributed by atoms with Crippen molar-refractivity contribution in [1.29, 1.82) is 0 Å². The summed E-state index contributed by atoms with van der Waals surface area (Å²) in [5.41, 5.74) is -0.844. The number of likely N-dealkylation sites (tertiary alicyclic amines) is 1. The van der Waals surface area contributed by atoms with Gasteiger partial charge in [0.15, 0.2) is 0 Å². The first-order valence-electron chi connectivity index (χ1n) is 3.99. The van der Waals surface area contributed by atoms with Crippen LogP contribution in [0.4, 0.5) is 8.78 Å². The van der Waals surface area contributed by atoms with E-state index in [2.05, 4.69) is 0 Å². The van der Waals surface area contributed by atoms with E-state index in [4.69, 9.17) is 0 Å². The normalized spacial score (nSPS) is 29.2. The second-order valence-electron chi connectivity index (χ2n) is 3.89. The quantitative estimate of drug-likeness (QED) is 0.571. The summed E-state index contributed by atoms with van der Waals surface area (Å²) in [7, 11) is 0. The molecule has 11 heavy (non-hydrogen) atoms. The van der Waals surface area contributed by atoms with E-state index in [1.165, 1.54) is 0 Å². The summed E-state index contributed by atoms with van der Waals surface area (Å²) in [6.45, 7) is 6.33. The van der Waals surface area contributed by atoms with Crippen LogP contribution < -0.4 is 0 Å². The third-order valence-electron chi connectivity index (χ3n) is 2.48. The summed E-state index contributed by atoms with van der Waals surface area (Å²) in [6.07, 6.45) is 0. The van der Waals surface area contributed by atoms with Crippen LogP contribution in [0.25, 0.3) is 0 Å². The number of hydrogen-bond donors (Lipinski definition) is 0. The standard InChI is InChI=1S/C8H15F2N/c1-4-11-5-7(2,3)8(9,10)6-11/h4-6H2,1-3H3. The number of hydrogen-bond acceptors (Lipinski definition) is 1. The molecule has 1 rings (SSSR count). The Hall–Kier alpha value is -0.180. The zero-order chi connectivity index (χ0) is 8.70. The van der Waals surface area contributed by atoms with Crippen molar-refractivity contribution in [1.82, 2.24) is 4.90 Å². The topological polar surface area (TPSA) is 3.24 Å². The van der Waals surface area contributed by atoms with Gasteiger partial charge in [0, 0.05) is 12.0 Å². The molecule has 0 saturated carbocycles. The molecular formula is C8H15F2N. The molecule has 0 N–H and O–H groups in total. The van der Waals surface area contributed by atoms with Crippen LogP contribution in [0.1, 0.15) is 20.8 Å². The molecule has 1 nitrogen and oxygen atoms in total. The molecular weight excluding hydrogens is 148 g/mol. The van der Waals surface area contributed by atoms with E-state index in [1.807, 2.05) is 6.92 Å². The van der Waals surface area contributed by atoms with E-state index >= 15 is 0 Å². The second kappa shape index (κ2) is 2.41. The molecule has 0 aromatic heterocycles. The van der Waals surface area contributed by atoms with Gasteiger partial charge in [0.25, 0.3) is 5.92 Å². The van der Waals surface area contributed by atoms with Crippen molar-refractivity contribution in [3.8, 4) is 0 Å². The van der Waals surface area contributed by atoms with Crippen molar-refractivity contribution >= 4 is 0 Å². The summed E-state index contributed by atoms with van der Waals surface area (Å²) in [5.74, 6) is -2.51.